The third-order valence-corrected chi connectivity index (χ3v) is 4.12. The summed E-state index contributed by atoms with van der Waals surface area (Å²) in [4.78, 5) is 24.4. The van der Waals surface area contributed by atoms with Crippen LogP contribution < -0.4 is 14.2 Å². The number of allylic oxidation sites excluding steroid dienone is 1. The van der Waals surface area contributed by atoms with E-state index in [0.29, 0.717) is 17.1 Å². The first-order valence-electron chi connectivity index (χ1n) is 8.93. The lowest BCUT2D eigenvalue weighted by atomic mass is 9.97. The predicted molar refractivity (Wildman–Crippen MR) is 109 cm³/mol. The van der Waals surface area contributed by atoms with Crippen LogP contribution in [0, 0.1) is 12.3 Å². The molecular weight excluding hydrogens is 356 g/mol. The maximum atomic E-state index is 12.5. The number of rotatable bonds is 6. The van der Waals surface area contributed by atoms with E-state index in [-0.39, 0.29) is 11.8 Å². The molecule has 0 aliphatic heterocycles. The molecule has 5 nitrogen and oxygen atoms in total. The van der Waals surface area contributed by atoms with Crippen LogP contribution in [0.3, 0.4) is 0 Å². The van der Waals surface area contributed by atoms with Gasteiger partial charge in [0.1, 0.15) is 17.2 Å². The third-order valence-electron chi connectivity index (χ3n) is 4.12. The van der Waals surface area contributed by atoms with Gasteiger partial charge in [-0.25, -0.2) is 0 Å². The van der Waals surface area contributed by atoms with Gasteiger partial charge in [-0.1, -0.05) is 0 Å². The normalized spacial score (nSPS) is 11.4. The van der Waals surface area contributed by atoms with E-state index in [1.807, 2.05) is 13.0 Å². The van der Waals surface area contributed by atoms with Gasteiger partial charge in [0.05, 0.1) is 19.6 Å². The molecule has 0 N–H and O–H groups in total. The first-order chi connectivity index (χ1) is 13.2. The number of ether oxygens (including phenoxy) is 3. The molecule has 2 aromatic rings. The lowest BCUT2D eigenvalue weighted by molar-refractivity contribution is -0.142. The van der Waals surface area contributed by atoms with Crippen molar-refractivity contribution in [2.75, 3.05) is 14.2 Å². The van der Waals surface area contributed by atoms with Crippen LogP contribution in [0.1, 0.15) is 42.3 Å². The molecule has 0 unspecified atom stereocenters. The van der Waals surface area contributed by atoms with E-state index in [1.54, 1.807) is 71.4 Å². The van der Waals surface area contributed by atoms with Crippen molar-refractivity contribution in [1.82, 2.24) is 0 Å². The topological polar surface area (TPSA) is 61.8 Å². The Bertz CT molecular complexity index is 886. The molecule has 0 saturated carbocycles. The van der Waals surface area contributed by atoms with Gasteiger partial charge in [-0.15, -0.1) is 0 Å². The fraction of sp³-hybridized carbons (Fsp3) is 0.304. The quantitative estimate of drug-likeness (QED) is 0.309. The number of carbonyl (C=O) groups is 2. The lowest BCUT2D eigenvalue weighted by Crippen LogP contribution is -2.25. The van der Waals surface area contributed by atoms with Crippen molar-refractivity contribution >= 4 is 17.8 Å². The zero-order valence-electron chi connectivity index (χ0n) is 17.2. The predicted octanol–water partition coefficient (Wildman–Crippen LogP) is 4.86. The number of carbonyl (C=O) groups excluding carboxylic acids is 2. The summed E-state index contributed by atoms with van der Waals surface area (Å²) < 4.78 is 16.0. The van der Waals surface area contributed by atoms with Gasteiger partial charge in [0, 0.05) is 17.2 Å². The van der Waals surface area contributed by atoms with Gasteiger partial charge in [0.25, 0.3) is 0 Å². The Kier molecular flexibility index (Phi) is 6.62. The Morgan fingerprint density at radius 1 is 0.929 bits per heavy atom. The van der Waals surface area contributed by atoms with Crippen molar-refractivity contribution in [3.05, 3.63) is 59.2 Å². The summed E-state index contributed by atoms with van der Waals surface area (Å²) in [6, 6.07) is 10.2. The highest BCUT2D eigenvalue weighted by atomic mass is 16.5. The van der Waals surface area contributed by atoms with E-state index in [0.717, 1.165) is 16.9 Å². The molecule has 0 fully saturated rings. The first kappa shape index (κ1) is 21.2. The summed E-state index contributed by atoms with van der Waals surface area (Å²) in [7, 11) is 3.17. The van der Waals surface area contributed by atoms with Crippen molar-refractivity contribution in [1.29, 1.82) is 0 Å². The van der Waals surface area contributed by atoms with E-state index in [4.69, 9.17) is 14.2 Å². The molecule has 148 valence electrons. The summed E-state index contributed by atoms with van der Waals surface area (Å²) in [6.07, 6.45) is 3.20. The van der Waals surface area contributed by atoms with E-state index in [2.05, 4.69) is 0 Å². The largest absolute Gasteiger partial charge is 0.496 e. The minimum Gasteiger partial charge on any atom is -0.496 e. The van der Waals surface area contributed by atoms with Crippen LogP contribution in [0.25, 0.3) is 6.08 Å². The average Bonchev–Trinajstić information content (AvgIpc) is 2.66. The molecule has 0 heterocycles. The molecule has 2 rings (SSSR count). The lowest BCUT2D eigenvalue weighted by Gasteiger charge is -2.16. The number of benzene rings is 2. The minimum atomic E-state index is -0.590. The van der Waals surface area contributed by atoms with Gasteiger partial charge in [-0.05, 0) is 75.7 Å². The SMILES string of the molecule is COc1cc(OC)c(/C=C/C(=O)c2ccc(OC(=O)C(C)(C)C)cc2)cc1C. The van der Waals surface area contributed by atoms with Gasteiger partial charge >= 0.3 is 5.97 Å². The Balaban J connectivity index is 2.15. The molecule has 0 radical (unpaired) electrons. The highest BCUT2D eigenvalue weighted by molar-refractivity contribution is 6.07. The number of esters is 1. The van der Waals surface area contributed by atoms with Crippen molar-refractivity contribution in [3.8, 4) is 17.2 Å². The van der Waals surface area contributed by atoms with Crippen molar-refractivity contribution in [3.63, 3.8) is 0 Å². The third kappa shape index (κ3) is 5.22. The highest BCUT2D eigenvalue weighted by Crippen LogP contribution is 2.29. The average molecular weight is 382 g/mol. The van der Waals surface area contributed by atoms with Gasteiger partial charge in [0.15, 0.2) is 5.78 Å². The molecular formula is C23H26O5. The van der Waals surface area contributed by atoms with Crippen molar-refractivity contribution in [2.24, 2.45) is 5.41 Å². The molecule has 5 heteroatoms. The summed E-state index contributed by atoms with van der Waals surface area (Å²) in [5.74, 6) is 1.27. The highest BCUT2D eigenvalue weighted by Gasteiger charge is 2.23. The second kappa shape index (κ2) is 8.74. The van der Waals surface area contributed by atoms with E-state index in [1.165, 1.54) is 6.08 Å². The van der Waals surface area contributed by atoms with Crippen LogP contribution in [-0.2, 0) is 4.79 Å². The van der Waals surface area contributed by atoms with Crippen molar-refractivity contribution in [2.45, 2.75) is 27.7 Å². The number of hydrogen-bond donors (Lipinski definition) is 0. The Hall–Kier alpha value is -3.08. The molecule has 0 atom stereocenters. The number of methoxy groups -OCH3 is 2. The fourth-order valence-corrected chi connectivity index (χ4v) is 2.43. The number of ketones is 1. The van der Waals surface area contributed by atoms with Gasteiger partial charge in [-0.2, -0.15) is 0 Å². The van der Waals surface area contributed by atoms with E-state index < -0.39 is 5.41 Å². The Morgan fingerprint density at radius 3 is 2.07 bits per heavy atom. The zero-order valence-corrected chi connectivity index (χ0v) is 17.2. The molecule has 2 aromatic carbocycles. The van der Waals surface area contributed by atoms with Crippen LogP contribution in [-0.4, -0.2) is 26.0 Å². The molecule has 0 spiro atoms. The van der Waals surface area contributed by atoms with Crippen molar-refractivity contribution < 1.29 is 23.8 Å². The maximum Gasteiger partial charge on any atom is 0.316 e. The van der Waals surface area contributed by atoms with Gasteiger partial charge < -0.3 is 14.2 Å². The first-order valence-corrected chi connectivity index (χ1v) is 8.93. The van der Waals surface area contributed by atoms with Crippen LogP contribution in [0.2, 0.25) is 0 Å². The summed E-state index contributed by atoms with van der Waals surface area (Å²) >= 11 is 0. The zero-order chi connectivity index (χ0) is 20.9. The van der Waals surface area contributed by atoms with E-state index >= 15 is 0 Å². The Labute approximate surface area is 165 Å². The molecule has 0 aromatic heterocycles. The monoisotopic (exact) mass is 382 g/mol. The molecule has 0 amide bonds. The molecule has 28 heavy (non-hydrogen) atoms. The van der Waals surface area contributed by atoms with Gasteiger partial charge in [-0.3, -0.25) is 9.59 Å². The number of aryl methyl sites for hydroxylation is 1. The van der Waals surface area contributed by atoms with Crippen LogP contribution >= 0.6 is 0 Å². The smallest absolute Gasteiger partial charge is 0.316 e. The molecule has 0 saturated heterocycles. The van der Waals surface area contributed by atoms with Gasteiger partial charge in [0.2, 0.25) is 0 Å². The molecule has 0 bridgehead atoms. The minimum absolute atomic E-state index is 0.163. The number of hydrogen-bond acceptors (Lipinski definition) is 5. The maximum absolute atomic E-state index is 12.5. The Morgan fingerprint density at radius 2 is 1.54 bits per heavy atom. The standard InChI is InChI=1S/C23H26O5/c1-15-13-17(21(27-6)14-20(15)26-5)9-12-19(24)16-7-10-18(11-8-16)28-22(25)23(2,3)4/h7-14H,1-6H3/b12-9+. The van der Waals surface area contributed by atoms with E-state index in [9.17, 15) is 9.59 Å². The second-order valence-corrected chi connectivity index (χ2v) is 7.43. The van der Waals surface area contributed by atoms with Crippen LogP contribution in [0.5, 0.6) is 17.2 Å². The second-order valence-electron chi connectivity index (χ2n) is 7.43. The van der Waals surface area contributed by atoms with Crippen LogP contribution in [0.4, 0.5) is 0 Å². The fourth-order valence-electron chi connectivity index (χ4n) is 2.43. The molecule has 0 aliphatic rings. The molecule has 0 aliphatic carbocycles. The summed E-state index contributed by atoms with van der Waals surface area (Å²) in [5.41, 5.74) is 1.63. The summed E-state index contributed by atoms with van der Waals surface area (Å²) in [6.45, 7) is 7.28. The van der Waals surface area contributed by atoms with Crippen LogP contribution in [0.15, 0.2) is 42.5 Å². The summed E-state index contributed by atoms with van der Waals surface area (Å²) in [5, 5.41) is 0.